The summed E-state index contributed by atoms with van der Waals surface area (Å²) in [6.45, 7) is 1.77. The molecule has 0 aromatic rings. The predicted molar refractivity (Wildman–Crippen MR) is 29.8 cm³/mol. The Balaban J connectivity index is 3.36. The van der Waals surface area contributed by atoms with E-state index < -0.39 is 8.72 Å². The molecule has 0 aromatic heterocycles. The highest BCUT2D eigenvalue weighted by molar-refractivity contribution is 6.62. The first kappa shape index (κ1) is 7.10. The normalized spacial score (nSPS) is 12.0. The van der Waals surface area contributed by atoms with Crippen LogP contribution in [0.15, 0.2) is 0 Å². The third kappa shape index (κ3) is 2.75. The van der Waals surface area contributed by atoms with E-state index in [-0.39, 0.29) is 0 Å². The molecule has 0 spiro atoms. The van der Waals surface area contributed by atoms with Crippen LogP contribution < -0.4 is 5.40 Å². The summed E-state index contributed by atoms with van der Waals surface area (Å²) < 4.78 is 9.56. The summed E-state index contributed by atoms with van der Waals surface area (Å²) in [5, 5.41) is 5.41. The van der Waals surface area contributed by atoms with Gasteiger partial charge in [0.25, 0.3) is 0 Å². The minimum atomic E-state index is -2.15. The molecule has 0 aliphatic carbocycles. The molecule has 4 heteroatoms. The molecule has 7 heavy (non-hydrogen) atoms. The summed E-state index contributed by atoms with van der Waals surface area (Å²) in [4.78, 5) is 0. The molecular formula is C3H11NO2Si. The first-order chi connectivity index (χ1) is 3.12. The molecule has 0 aliphatic heterocycles. The van der Waals surface area contributed by atoms with Gasteiger partial charge in [-0.2, -0.15) is 0 Å². The Labute approximate surface area is 44.7 Å². The molecule has 0 rings (SSSR count). The standard InChI is InChI=1S/C3H11NO2Si/c1-5-7(3,4)6-2/h4H2,1-3H3. The van der Waals surface area contributed by atoms with Crippen LogP contribution >= 0.6 is 0 Å². The lowest BCUT2D eigenvalue weighted by molar-refractivity contribution is 0.251. The Morgan fingerprint density at radius 3 is 1.57 bits per heavy atom. The van der Waals surface area contributed by atoms with E-state index in [1.54, 1.807) is 20.8 Å². The van der Waals surface area contributed by atoms with Crippen molar-refractivity contribution in [3.8, 4) is 0 Å². The molecule has 0 aliphatic rings. The van der Waals surface area contributed by atoms with Crippen LogP contribution in [0.3, 0.4) is 0 Å². The Morgan fingerprint density at radius 2 is 1.57 bits per heavy atom. The van der Waals surface area contributed by atoms with Crippen molar-refractivity contribution in [3.63, 3.8) is 0 Å². The summed E-state index contributed by atoms with van der Waals surface area (Å²) >= 11 is 0. The second kappa shape index (κ2) is 2.42. The van der Waals surface area contributed by atoms with Gasteiger partial charge in [-0.3, -0.25) is 0 Å². The minimum Gasteiger partial charge on any atom is -0.386 e. The van der Waals surface area contributed by atoms with Crippen molar-refractivity contribution in [2.75, 3.05) is 14.2 Å². The molecule has 0 amide bonds. The van der Waals surface area contributed by atoms with E-state index >= 15 is 0 Å². The van der Waals surface area contributed by atoms with Crippen LogP contribution in [0.25, 0.3) is 0 Å². The Bertz CT molecular complexity index is 50.9. The second-order valence-corrected chi connectivity index (χ2v) is 4.27. The lowest BCUT2D eigenvalue weighted by Gasteiger charge is -2.14. The Hall–Kier alpha value is 0.0969. The van der Waals surface area contributed by atoms with E-state index in [0.717, 1.165) is 0 Å². The van der Waals surface area contributed by atoms with E-state index in [2.05, 4.69) is 0 Å². The van der Waals surface area contributed by atoms with Crippen LogP contribution in [0.4, 0.5) is 0 Å². The second-order valence-electron chi connectivity index (χ2n) is 1.42. The molecule has 0 radical (unpaired) electrons. The molecule has 0 heterocycles. The third-order valence-electron chi connectivity index (χ3n) is 0.811. The van der Waals surface area contributed by atoms with Crippen molar-refractivity contribution >= 4 is 8.72 Å². The minimum absolute atomic E-state index is 1.55. The highest BCUT2D eigenvalue weighted by Gasteiger charge is 2.21. The van der Waals surface area contributed by atoms with Gasteiger partial charge >= 0.3 is 8.72 Å². The van der Waals surface area contributed by atoms with Crippen LogP contribution in [0.1, 0.15) is 0 Å². The lowest BCUT2D eigenvalue weighted by atomic mass is 11.8. The Morgan fingerprint density at radius 1 is 1.29 bits per heavy atom. The molecule has 0 fully saturated rings. The maximum absolute atomic E-state index is 5.41. The monoisotopic (exact) mass is 121 g/mol. The maximum Gasteiger partial charge on any atom is 0.418 e. The average Bonchev–Trinajstić information content (AvgIpc) is 1.68. The van der Waals surface area contributed by atoms with Crippen molar-refractivity contribution in [2.45, 2.75) is 6.55 Å². The smallest absolute Gasteiger partial charge is 0.386 e. The van der Waals surface area contributed by atoms with Crippen molar-refractivity contribution in [3.05, 3.63) is 0 Å². The van der Waals surface area contributed by atoms with Gasteiger partial charge in [0.05, 0.1) is 0 Å². The molecule has 2 N–H and O–H groups in total. The fraction of sp³-hybridized carbons (Fsp3) is 1.00. The first-order valence-corrected chi connectivity index (χ1v) is 4.41. The van der Waals surface area contributed by atoms with Gasteiger partial charge in [0, 0.05) is 14.2 Å². The summed E-state index contributed by atoms with van der Waals surface area (Å²) in [5.41, 5.74) is 0. The van der Waals surface area contributed by atoms with E-state index in [9.17, 15) is 0 Å². The number of nitrogens with two attached hydrogens (primary N) is 1. The molecule has 0 aromatic carbocycles. The molecule has 0 atom stereocenters. The van der Waals surface area contributed by atoms with Gasteiger partial charge in [0.1, 0.15) is 0 Å². The zero-order valence-corrected chi connectivity index (χ0v) is 5.89. The molecule has 0 saturated carbocycles. The first-order valence-electron chi connectivity index (χ1n) is 2.01. The summed E-state index contributed by atoms with van der Waals surface area (Å²) in [6.07, 6.45) is 0. The highest BCUT2D eigenvalue weighted by Crippen LogP contribution is 1.90. The molecular weight excluding hydrogens is 110 g/mol. The van der Waals surface area contributed by atoms with Gasteiger partial charge in [0.2, 0.25) is 0 Å². The highest BCUT2D eigenvalue weighted by atomic mass is 28.4. The van der Waals surface area contributed by atoms with Gasteiger partial charge < -0.3 is 14.3 Å². The molecule has 3 nitrogen and oxygen atoms in total. The molecule has 0 unspecified atom stereocenters. The maximum atomic E-state index is 5.41. The Kier molecular flexibility index (Phi) is 2.45. The van der Waals surface area contributed by atoms with Crippen molar-refractivity contribution in [1.29, 1.82) is 0 Å². The van der Waals surface area contributed by atoms with E-state index in [0.29, 0.717) is 0 Å². The quantitative estimate of drug-likeness (QED) is 0.515. The zero-order valence-electron chi connectivity index (χ0n) is 4.89. The number of rotatable bonds is 2. The fourth-order valence-corrected chi connectivity index (χ4v) is 0.250. The van der Waals surface area contributed by atoms with Crippen molar-refractivity contribution in [1.82, 2.24) is 0 Å². The molecule has 44 valence electrons. The van der Waals surface area contributed by atoms with Gasteiger partial charge in [-0.05, 0) is 6.55 Å². The SMILES string of the molecule is CO[Si](C)(N)OC. The largest absolute Gasteiger partial charge is 0.418 e. The zero-order chi connectivity index (χ0) is 5.91. The molecule has 0 bridgehead atoms. The summed E-state index contributed by atoms with van der Waals surface area (Å²) in [7, 11) is 0.951. The topological polar surface area (TPSA) is 44.5 Å². The van der Waals surface area contributed by atoms with Crippen LogP contribution in [0.5, 0.6) is 0 Å². The molecule has 0 saturated heterocycles. The average molecular weight is 121 g/mol. The van der Waals surface area contributed by atoms with E-state index in [1.165, 1.54) is 0 Å². The fourth-order valence-electron chi connectivity index (χ4n) is 0.0833. The van der Waals surface area contributed by atoms with Gasteiger partial charge in [-0.1, -0.05) is 0 Å². The van der Waals surface area contributed by atoms with Crippen LogP contribution in [-0.2, 0) is 8.85 Å². The van der Waals surface area contributed by atoms with Crippen molar-refractivity contribution < 1.29 is 8.85 Å². The summed E-state index contributed by atoms with van der Waals surface area (Å²) in [6, 6.07) is 0. The predicted octanol–water partition coefficient (Wildman–Crippen LogP) is -0.193. The van der Waals surface area contributed by atoms with Crippen LogP contribution in [0.2, 0.25) is 6.55 Å². The van der Waals surface area contributed by atoms with Crippen LogP contribution in [-0.4, -0.2) is 22.9 Å². The summed E-state index contributed by atoms with van der Waals surface area (Å²) in [5.74, 6) is 0. The van der Waals surface area contributed by atoms with Gasteiger partial charge in [-0.15, -0.1) is 0 Å². The van der Waals surface area contributed by atoms with Gasteiger partial charge in [0.15, 0.2) is 0 Å². The number of hydrogen-bond acceptors (Lipinski definition) is 3. The lowest BCUT2D eigenvalue weighted by Crippen LogP contribution is -2.47. The number of hydrogen-bond donors (Lipinski definition) is 1. The van der Waals surface area contributed by atoms with E-state index in [4.69, 9.17) is 14.3 Å². The van der Waals surface area contributed by atoms with Crippen molar-refractivity contribution in [2.24, 2.45) is 5.40 Å². The third-order valence-corrected chi connectivity index (χ3v) is 2.43. The van der Waals surface area contributed by atoms with E-state index in [1.807, 2.05) is 0 Å². The van der Waals surface area contributed by atoms with Gasteiger partial charge in [-0.25, -0.2) is 0 Å². The van der Waals surface area contributed by atoms with Crippen LogP contribution in [0, 0.1) is 0 Å².